The molecule has 7 nitrogen and oxygen atoms in total. The highest BCUT2D eigenvalue weighted by atomic mass is 16.5. The Balaban J connectivity index is 2.34. The standard InChI is InChI=1S/C14H21N5O2/c1-10-4-8-18(9-5-10)13-11(14(20)21-2)12(16)19(17-13)7-3-6-15/h10H,3-5,7-9,16H2,1-2H3. The van der Waals surface area contributed by atoms with Crippen LogP contribution in [0, 0.1) is 17.2 Å². The van der Waals surface area contributed by atoms with E-state index in [0.29, 0.717) is 30.3 Å². The topological polar surface area (TPSA) is 97.2 Å². The molecule has 1 aromatic rings. The summed E-state index contributed by atoms with van der Waals surface area (Å²) in [6.45, 7) is 4.29. The van der Waals surface area contributed by atoms with Crippen LogP contribution in [0.25, 0.3) is 0 Å². The number of carbonyl (C=O) groups is 1. The molecule has 0 saturated carbocycles. The number of piperidine rings is 1. The molecule has 2 N–H and O–H groups in total. The first-order valence-corrected chi connectivity index (χ1v) is 7.15. The van der Waals surface area contributed by atoms with E-state index in [1.165, 1.54) is 11.8 Å². The largest absolute Gasteiger partial charge is 0.465 e. The molecule has 21 heavy (non-hydrogen) atoms. The molecule has 1 saturated heterocycles. The number of hydrogen-bond donors (Lipinski definition) is 1. The molecule has 2 heterocycles. The highest BCUT2D eigenvalue weighted by Gasteiger charge is 2.28. The lowest BCUT2D eigenvalue weighted by Crippen LogP contribution is -2.34. The lowest BCUT2D eigenvalue weighted by Gasteiger charge is -2.30. The SMILES string of the molecule is COC(=O)c1c(N2CCC(C)CC2)nn(CCC#N)c1N. The molecular formula is C14H21N5O2. The fourth-order valence-corrected chi connectivity index (χ4v) is 2.53. The third-order valence-electron chi connectivity index (χ3n) is 3.88. The maximum Gasteiger partial charge on any atom is 0.345 e. The maximum atomic E-state index is 12.0. The fourth-order valence-electron chi connectivity index (χ4n) is 2.53. The van der Waals surface area contributed by atoms with E-state index in [9.17, 15) is 4.79 Å². The summed E-state index contributed by atoms with van der Waals surface area (Å²) < 4.78 is 6.34. The number of nitrogens with zero attached hydrogens (tertiary/aromatic N) is 4. The molecule has 1 aromatic heterocycles. The summed E-state index contributed by atoms with van der Waals surface area (Å²) in [5, 5.41) is 13.1. The first-order chi connectivity index (χ1) is 10.1. The van der Waals surface area contributed by atoms with Crippen LogP contribution < -0.4 is 10.6 Å². The molecule has 0 bridgehead atoms. The van der Waals surface area contributed by atoms with E-state index < -0.39 is 5.97 Å². The second-order valence-electron chi connectivity index (χ2n) is 5.38. The number of carbonyl (C=O) groups excluding carboxylic acids is 1. The van der Waals surface area contributed by atoms with Crippen molar-refractivity contribution < 1.29 is 9.53 Å². The Hall–Kier alpha value is -2.23. The van der Waals surface area contributed by atoms with Gasteiger partial charge >= 0.3 is 5.97 Å². The van der Waals surface area contributed by atoms with Crippen molar-refractivity contribution in [1.82, 2.24) is 9.78 Å². The van der Waals surface area contributed by atoms with Crippen LogP contribution in [0.4, 0.5) is 11.6 Å². The number of aromatic nitrogens is 2. The van der Waals surface area contributed by atoms with Crippen molar-refractivity contribution in [2.75, 3.05) is 30.8 Å². The van der Waals surface area contributed by atoms with Crippen molar-refractivity contribution in [2.24, 2.45) is 5.92 Å². The van der Waals surface area contributed by atoms with Gasteiger partial charge in [0.2, 0.25) is 0 Å². The van der Waals surface area contributed by atoms with Gasteiger partial charge in [-0.1, -0.05) is 6.92 Å². The van der Waals surface area contributed by atoms with Gasteiger partial charge in [-0.15, -0.1) is 0 Å². The molecule has 2 rings (SSSR count). The minimum absolute atomic E-state index is 0.269. The van der Waals surface area contributed by atoms with E-state index in [1.807, 2.05) is 0 Å². The van der Waals surface area contributed by atoms with E-state index in [2.05, 4.69) is 23.0 Å². The lowest BCUT2D eigenvalue weighted by atomic mass is 9.99. The summed E-state index contributed by atoms with van der Waals surface area (Å²) >= 11 is 0. The van der Waals surface area contributed by atoms with E-state index in [0.717, 1.165) is 25.9 Å². The highest BCUT2D eigenvalue weighted by Crippen LogP contribution is 2.29. The van der Waals surface area contributed by atoms with Crippen molar-refractivity contribution in [2.45, 2.75) is 32.7 Å². The maximum absolute atomic E-state index is 12.0. The molecule has 7 heteroatoms. The molecule has 0 aromatic carbocycles. The van der Waals surface area contributed by atoms with Gasteiger partial charge in [-0.2, -0.15) is 10.4 Å². The van der Waals surface area contributed by atoms with Crippen LogP contribution in [0.5, 0.6) is 0 Å². The number of nitrogen functional groups attached to an aromatic ring is 1. The quantitative estimate of drug-likeness (QED) is 0.842. The van der Waals surface area contributed by atoms with Gasteiger partial charge in [0.15, 0.2) is 5.82 Å². The number of ether oxygens (including phenoxy) is 1. The number of methoxy groups -OCH3 is 1. The van der Waals surface area contributed by atoms with Crippen LogP contribution in [0.2, 0.25) is 0 Å². The minimum atomic E-state index is -0.482. The Kier molecular flexibility index (Phi) is 4.68. The van der Waals surface area contributed by atoms with Crippen LogP contribution >= 0.6 is 0 Å². The molecule has 0 spiro atoms. The molecule has 0 unspecified atom stereocenters. The molecule has 1 aliphatic heterocycles. The van der Waals surface area contributed by atoms with Gasteiger partial charge in [-0.05, 0) is 18.8 Å². The molecular weight excluding hydrogens is 270 g/mol. The highest BCUT2D eigenvalue weighted by molar-refractivity contribution is 5.99. The van der Waals surface area contributed by atoms with E-state index in [-0.39, 0.29) is 5.82 Å². The number of aryl methyl sites for hydroxylation is 1. The molecule has 1 fully saturated rings. The van der Waals surface area contributed by atoms with Gasteiger partial charge in [0, 0.05) is 13.1 Å². The van der Waals surface area contributed by atoms with Crippen molar-refractivity contribution in [3.05, 3.63) is 5.56 Å². The third kappa shape index (κ3) is 3.10. The van der Waals surface area contributed by atoms with Crippen molar-refractivity contribution >= 4 is 17.6 Å². The lowest BCUT2D eigenvalue weighted by molar-refractivity contribution is 0.0602. The van der Waals surface area contributed by atoms with E-state index in [4.69, 9.17) is 15.7 Å². The van der Waals surface area contributed by atoms with Crippen molar-refractivity contribution in [3.8, 4) is 6.07 Å². The normalized spacial score (nSPS) is 15.8. The first-order valence-electron chi connectivity index (χ1n) is 7.15. The number of esters is 1. The van der Waals surface area contributed by atoms with Gasteiger partial charge in [-0.25, -0.2) is 9.48 Å². The van der Waals surface area contributed by atoms with Crippen molar-refractivity contribution in [3.63, 3.8) is 0 Å². The Bertz CT molecular complexity index is 552. The zero-order chi connectivity index (χ0) is 15.4. The van der Waals surface area contributed by atoms with E-state index in [1.54, 1.807) is 0 Å². The van der Waals surface area contributed by atoms with Crippen LogP contribution in [0.3, 0.4) is 0 Å². The van der Waals surface area contributed by atoms with Gasteiger partial charge in [0.25, 0.3) is 0 Å². The summed E-state index contributed by atoms with van der Waals surface area (Å²) in [5.74, 6) is 1.04. The summed E-state index contributed by atoms with van der Waals surface area (Å²) in [5.41, 5.74) is 6.33. The summed E-state index contributed by atoms with van der Waals surface area (Å²) in [4.78, 5) is 14.1. The predicted octanol–water partition coefficient (Wildman–Crippen LogP) is 1.40. The van der Waals surface area contributed by atoms with Gasteiger partial charge < -0.3 is 15.4 Å². The molecule has 0 amide bonds. The molecule has 1 aliphatic rings. The molecule has 0 atom stereocenters. The van der Waals surface area contributed by atoms with Crippen LogP contribution in [-0.2, 0) is 11.3 Å². The van der Waals surface area contributed by atoms with E-state index >= 15 is 0 Å². The van der Waals surface area contributed by atoms with Crippen LogP contribution in [-0.4, -0.2) is 35.9 Å². The minimum Gasteiger partial charge on any atom is -0.465 e. The van der Waals surface area contributed by atoms with Crippen LogP contribution in [0.15, 0.2) is 0 Å². The summed E-state index contributed by atoms with van der Waals surface area (Å²) in [6, 6.07) is 2.05. The Morgan fingerprint density at radius 3 is 2.76 bits per heavy atom. The molecule has 114 valence electrons. The number of anilines is 2. The summed E-state index contributed by atoms with van der Waals surface area (Å²) in [7, 11) is 1.33. The Labute approximate surface area is 124 Å². The number of rotatable bonds is 4. The second kappa shape index (κ2) is 6.48. The Morgan fingerprint density at radius 2 is 2.19 bits per heavy atom. The van der Waals surface area contributed by atoms with Crippen molar-refractivity contribution in [1.29, 1.82) is 5.26 Å². The monoisotopic (exact) mass is 291 g/mol. The zero-order valence-electron chi connectivity index (χ0n) is 12.5. The predicted molar refractivity (Wildman–Crippen MR) is 78.8 cm³/mol. The zero-order valence-corrected chi connectivity index (χ0v) is 12.5. The van der Waals surface area contributed by atoms with Crippen LogP contribution in [0.1, 0.15) is 36.5 Å². The smallest absolute Gasteiger partial charge is 0.345 e. The first kappa shape index (κ1) is 15.2. The fraction of sp³-hybridized carbons (Fsp3) is 0.643. The molecule has 0 aliphatic carbocycles. The van der Waals surface area contributed by atoms with Gasteiger partial charge in [0.05, 0.1) is 26.1 Å². The number of nitrogens with two attached hydrogens (primary N) is 1. The average Bonchev–Trinajstić information content (AvgIpc) is 2.82. The average molecular weight is 291 g/mol. The summed E-state index contributed by atoms with van der Waals surface area (Å²) in [6.07, 6.45) is 2.42. The Morgan fingerprint density at radius 1 is 1.52 bits per heavy atom. The van der Waals surface area contributed by atoms with Gasteiger partial charge in [0.1, 0.15) is 11.4 Å². The second-order valence-corrected chi connectivity index (χ2v) is 5.38. The molecule has 0 radical (unpaired) electrons. The van der Waals surface area contributed by atoms with Gasteiger partial charge in [-0.3, -0.25) is 0 Å². The number of hydrogen-bond acceptors (Lipinski definition) is 6. The third-order valence-corrected chi connectivity index (χ3v) is 3.88. The number of nitriles is 1.